The van der Waals surface area contributed by atoms with Crippen molar-refractivity contribution < 1.29 is 9.53 Å². The standard InChI is InChI=1S/C19H16O2/c20-19(13-15-7-2-1-3-8-15)21-14-17-11-6-10-16-9-4-5-12-18(16)17/h1-12H,13-14H2. The van der Waals surface area contributed by atoms with Crippen molar-refractivity contribution in [2.75, 3.05) is 0 Å². The monoisotopic (exact) mass is 276 g/mol. The SMILES string of the molecule is O=C(Cc1ccccc1)OCc1cccc2ccccc12. The van der Waals surface area contributed by atoms with Crippen LogP contribution in [-0.4, -0.2) is 5.97 Å². The lowest BCUT2D eigenvalue weighted by molar-refractivity contribution is -0.144. The summed E-state index contributed by atoms with van der Waals surface area (Å²) in [6.07, 6.45) is 0.311. The van der Waals surface area contributed by atoms with Crippen LogP contribution in [0.5, 0.6) is 0 Å². The van der Waals surface area contributed by atoms with Gasteiger partial charge in [-0.25, -0.2) is 0 Å². The van der Waals surface area contributed by atoms with Gasteiger partial charge in [0.05, 0.1) is 6.42 Å². The number of fused-ring (bicyclic) bond motifs is 1. The van der Waals surface area contributed by atoms with Crippen LogP contribution in [0.25, 0.3) is 10.8 Å². The van der Waals surface area contributed by atoms with E-state index in [9.17, 15) is 4.79 Å². The summed E-state index contributed by atoms with van der Waals surface area (Å²) in [6.45, 7) is 0.313. The first-order chi connectivity index (χ1) is 10.3. The van der Waals surface area contributed by atoms with Crippen LogP contribution in [0.4, 0.5) is 0 Å². The molecule has 0 spiro atoms. The summed E-state index contributed by atoms with van der Waals surface area (Å²) in [5, 5.41) is 2.29. The highest BCUT2D eigenvalue weighted by molar-refractivity contribution is 5.85. The predicted molar refractivity (Wildman–Crippen MR) is 83.9 cm³/mol. The molecule has 0 aromatic heterocycles. The Kier molecular flexibility index (Phi) is 3.97. The molecule has 0 heterocycles. The van der Waals surface area contributed by atoms with Crippen LogP contribution < -0.4 is 0 Å². The summed E-state index contributed by atoms with van der Waals surface area (Å²) >= 11 is 0. The second-order valence-electron chi connectivity index (χ2n) is 4.96. The number of carbonyl (C=O) groups excluding carboxylic acids is 1. The van der Waals surface area contributed by atoms with Crippen LogP contribution in [0.2, 0.25) is 0 Å². The highest BCUT2D eigenvalue weighted by Crippen LogP contribution is 2.19. The lowest BCUT2D eigenvalue weighted by Gasteiger charge is -2.08. The fourth-order valence-corrected chi connectivity index (χ4v) is 2.39. The smallest absolute Gasteiger partial charge is 0.310 e. The maximum atomic E-state index is 11.9. The van der Waals surface area contributed by atoms with Crippen molar-refractivity contribution >= 4 is 16.7 Å². The largest absolute Gasteiger partial charge is 0.461 e. The minimum Gasteiger partial charge on any atom is -0.461 e. The Bertz CT molecular complexity index is 742. The maximum absolute atomic E-state index is 11.9. The summed E-state index contributed by atoms with van der Waals surface area (Å²) < 4.78 is 5.40. The highest BCUT2D eigenvalue weighted by atomic mass is 16.5. The zero-order valence-corrected chi connectivity index (χ0v) is 11.7. The predicted octanol–water partition coefficient (Wildman–Crippen LogP) is 4.13. The molecule has 2 nitrogen and oxygen atoms in total. The average Bonchev–Trinajstić information content (AvgIpc) is 2.54. The van der Waals surface area contributed by atoms with Crippen molar-refractivity contribution in [3.05, 3.63) is 83.9 Å². The first kappa shape index (κ1) is 13.4. The van der Waals surface area contributed by atoms with Crippen LogP contribution in [0.3, 0.4) is 0 Å². The molecule has 0 radical (unpaired) electrons. The van der Waals surface area contributed by atoms with Gasteiger partial charge in [-0.3, -0.25) is 4.79 Å². The van der Waals surface area contributed by atoms with Gasteiger partial charge in [0.25, 0.3) is 0 Å². The average molecular weight is 276 g/mol. The van der Waals surface area contributed by atoms with E-state index >= 15 is 0 Å². The summed E-state index contributed by atoms with van der Waals surface area (Å²) in [4.78, 5) is 11.9. The highest BCUT2D eigenvalue weighted by Gasteiger charge is 2.06. The molecule has 0 saturated carbocycles. The molecule has 0 aliphatic heterocycles. The molecule has 0 N–H and O–H groups in total. The maximum Gasteiger partial charge on any atom is 0.310 e. The molecule has 3 rings (SSSR count). The topological polar surface area (TPSA) is 26.3 Å². The van der Waals surface area contributed by atoms with E-state index in [-0.39, 0.29) is 5.97 Å². The van der Waals surface area contributed by atoms with Gasteiger partial charge in [0.2, 0.25) is 0 Å². The molecule has 104 valence electrons. The van der Waals surface area contributed by atoms with E-state index in [0.717, 1.165) is 21.9 Å². The molecule has 0 unspecified atom stereocenters. The Morgan fingerprint density at radius 1 is 0.810 bits per heavy atom. The molecular weight excluding hydrogens is 260 g/mol. The fourth-order valence-electron chi connectivity index (χ4n) is 2.39. The first-order valence-electron chi connectivity index (χ1n) is 6.99. The van der Waals surface area contributed by atoms with E-state index in [1.807, 2.05) is 54.6 Å². The second-order valence-corrected chi connectivity index (χ2v) is 4.96. The number of ether oxygens (including phenoxy) is 1. The van der Waals surface area contributed by atoms with Gasteiger partial charge >= 0.3 is 5.97 Å². The summed E-state index contributed by atoms with van der Waals surface area (Å²) in [6, 6.07) is 23.8. The molecule has 2 heteroatoms. The summed E-state index contributed by atoms with van der Waals surface area (Å²) in [5.74, 6) is -0.200. The Morgan fingerprint density at radius 3 is 2.38 bits per heavy atom. The van der Waals surface area contributed by atoms with Crippen molar-refractivity contribution in [3.8, 4) is 0 Å². The van der Waals surface area contributed by atoms with Crippen molar-refractivity contribution in [3.63, 3.8) is 0 Å². The summed E-state index contributed by atoms with van der Waals surface area (Å²) in [7, 11) is 0. The molecule has 3 aromatic carbocycles. The Balaban J connectivity index is 1.68. The van der Waals surface area contributed by atoms with Crippen molar-refractivity contribution in [2.24, 2.45) is 0 Å². The number of benzene rings is 3. The van der Waals surface area contributed by atoms with Crippen molar-refractivity contribution in [2.45, 2.75) is 13.0 Å². The van der Waals surface area contributed by atoms with E-state index < -0.39 is 0 Å². The van der Waals surface area contributed by atoms with Crippen LogP contribution in [0.15, 0.2) is 72.8 Å². The van der Waals surface area contributed by atoms with Crippen LogP contribution in [0, 0.1) is 0 Å². The van der Waals surface area contributed by atoms with Crippen molar-refractivity contribution in [1.82, 2.24) is 0 Å². The molecule has 0 saturated heterocycles. The number of carbonyl (C=O) groups is 1. The van der Waals surface area contributed by atoms with E-state index in [1.165, 1.54) is 0 Å². The van der Waals surface area contributed by atoms with E-state index in [2.05, 4.69) is 18.2 Å². The van der Waals surface area contributed by atoms with E-state index in [4.69, 9.17) is 4.74 Å². The van der Waals surface area contributed by atoms with Gasteiger partial charge in [0.1, 0.15) is 6.61 Å². The molecular formula is C19H16O2. The normalized spacial score (nSPS) is 10.5. The molecule has 0 aliphatic rings. The van der Waals surface area contributed by atoms with E-state index in [0.29, 0.717) is 13.0 Å². The van der Waals surface area contributed by atoms with Gasteiger partial charge in [-0.05, 0) is 21.9 Å². The Morgan fingerprint density at radius 2 is 1.52 bits per heavy atom. The van der Waals surface area contributed by atoms with Gasteiger partial charge in [0.15, 0.2) is 0 Å². The van der Waals surface area contributed by atoms with Gasteiger partial charge in [-0.1, -0.05) is 72.8 Å². The molecule has 0 bridgehead atoms. The zero-order chi connectivity index (χ0) is 14.5. The minimum atomic E-state index is -0.200. The summed E-state index contributed by atoms with van der Waals surface area (Å²) in [5.41, 5.74) is 2.01. The lowest BCUT2D eigenvalue weighted by Crippen LogP contribution is -2.08. The molecule has 0 amide bonds. The number of hydrogen-bond acceptors (Lipinski definition) is 2. The number of esters is 1. The van der Waals surface area contributed by atoms with E-state index in [1.54, 1.807) is 0 Å². The van der Waals surface area contributed by atoms with Crippen LogP contribution in [0.1, 0.15) is 11.1 Å². The van der Waals surface area contributed by atoms with Crippen LogP contribution in [-0.2, 0) is 22.6 Å². The third-order valence-corrected chi connectivity index (χ3v) is 3.46. The molecule has 3 aromatic rings. The van der Waals surface area contributed by atoms with Crippen molar-refractivity contribution in [1.29, 1.82) is 0 Å². The molecule has 21 heavy (non-hydrogen) atoms. The van der Waals surface area contributed by atoms with Crippen LogP contribution >= 0.6 is 0 Å². The van der Waals surface area contributed by atoms with Gasteiger partial charge in [-0.2, -0.15) is 0 Å². The zero-order valence-electron chi connectivity index (χ0n) is 11.7. The number of rotatable bonds is 4. The Labute approximate surface area is 124 Å². The molecule has 0 atom stereocenters. The third kappa shape index (κ3) is 3.29. The third-order valence-electron chi connectivity index (χ3n) is 3.46. The van der Waals surface area contributed by atoms with Gasteiger partial charge in [-0.15, -0.1) is 0 Å². The number of hydrogen-bond donors (Lipinski definition) is 0. The molecule has 0 aliphatic carbocycles. The Hall–Kier alpha value is -2.61. The minimum absolute atomic E-state index is 0.200. The fraction of sp³-hybridized carbons (Fsp3) is 0.105. The van der Waals surface area contributed by atoms with Gasteiger partial charge < -0.3 is 4.74 Å². The first-order valence-corrected chi connectivity index (χ1v) is 6.99. The lowest BCUT2D eigenvalue weighted by atomic mass is 10.1. The molecule has 0 fully saturated rings. The second kappa shape index (κ2) is 6.23. The quantitative estimate of drug-likeness (QED) is 0.670. The van der Waals surface area contributed by atoms with Gasteiger partial charge in [0, 0.05) is 0 Å².